The molecule has 1 fully saturated rings. The number of amides is 1. The number of nitrogens with one attached hydrogen (secondary N) is 2. The SMILES string of the molecule is Cn1ccc(CNC(=O)C2CCCCN2)c1. The Bertz CT molecular complexity index is 353. The molecule has 0 aromatic carbocycles. The van der Waals surface area contributed by atoms with E-state index in [0.29, 0.717) is 6.54 Å². The summed E-state index contributed by atoms with van der Waals surface area (Å²) < 4.78 is 1.99. The van der Waals surface area contributed by atoms with Gasteiger partial charge in [0.1, 0.15) is 0 Å². The van der Waals surface area contributed by atoms with Crippen LogP contribution in [-0.4, -0.2) is 23.1 Å². The van der Waals surface area contributed by atoms with Crippen LogP contribution in [0.2, 0.25) is 0 Å². The molecule has 1 aliphatic rings. The third-order valence-electron chi connectivity index (χ3n) is 2.99. The molecule has 16 heavy (non-hydrogen) atoms. The molecule has 0 saturated carbocycles. The monoisotopic (exact) mass is 221 g/mol. The number of rotatable bonds is 3. The van der Waals surface area contributed by atoms with E-state index in [1.165, 1.54) is 6.42 Å². The Morgan fingerprint density at radius 1 is 1.62 bits per heavy atom. The van der Waals surface area contributed by atoms with Gasteiger partial charge >= 0.3 is 0 Å². The normalized spacial score (nSPS) is 20.7. The summed E-state index contributed by atoms with van der Waals surface area (Å²) in [5.41, 5.74) is 1.15. The van der Waals surface area contributed by atoms with Crippen LogP contribution in [0.15, 0.2) is 18.5 Å². The summed E-state index contributed by atoms with van der Waals surface area (Å²) in [6.07, 6.45) is 7.30. The first-order chi connectivity index (χ1) is 7.75. The highest BCUT2D eigenvalue weighted by atomic mass is 16.2. The second-order valence-electron chi connectivity index (χ2n) is 4.41. The molecule has 0 spiro atoms. The van der Waals surface area contributed by atoms with Gasteiger partial charge in [-0.15, -0.1) is 0 Å². The zero-order chi connectivity index (χ0) is 11.4. The van der Waals surface area contributed by atoms with Gasteiger partial charge in [0.2, 0.25) is 5.91 Å². The van der Waals surface area contributed by atoms with E-state index in [9.17, 15) is 4.79 Å². The van der Waals surface area contributed by atoms with Crippen LogP contribution >= 0.6 is 0 Å². The lowest BCUT2D eigenvalue weighted by molar-refractivity contribution is -0.123. The molecule has 1 amide bonds. The maximum Gasteiger partial charge on any atom is 0.237 e. The topological polar surface area (TPSA) is 46.1 Å². The number of carbonyl (C=O) groups is 1. The lowest BCUT2D eigenvalue weighted by Crippen LogP contribution is -2.46. The maximum atomic E-state index is 11.8. The first-order valence-electron chi connectivity index (χ1n) is 5.87. The van der Waals surface area contributed by atoms with Crippen LogP contribution in [0, 0.1) is 0 Å². The predicted octanol–water partition coefficient (Wildman–Crippen LogP) is 0.783. The van der Waals surface area contributed by atoms with Crippen molar-refractivity contribution in [2.75, 3.05) is 6.54 Å². The van der Waals surface area contributed by atoms with Crippen LogP contribution in [0.5, 0.6) is 0 Å². The Labute approximate surface area is 96.0 Å². The Kier molecular flexibility index (Phi) is 3.62. The van der Waals surface area contributed by atoms with E-state index in [1.54, 1.807) is 0 Å². The van der Waals surface area contributed by atoms with Gasteiger partial charge in [-0.2, -0.15) is 0 Å². The number of hydrogen-bond acceptors (Lipinski definition) is 2. The summed E-state index contributed by atoms with van der Waals surface area (Å²) in [6, 6.07) is 2.03. The minimum Gasteiger partial charge on any atom is -0.357 e. The van der Waals surface area contributed by atoms with Crippen LogP contribution in [-0.2, 0) is 18.4 Å². The summed E-state index contributed by atoms with van der Waals surface area (Å²) in [7, 11) is 1.98. The zero-order valence-corrected chi connectivity index (χ0v) is 9.70. The summed E-state index contributed by atoms with van der Waals surface area (Å²) in [5, 5.41) is 6.21. The smallest absolute Gasteiger partial charge is 0.237 e. The highest BCUT2D eigenvalue weighted by molar-refractivity contribution is 5.81. The average molecular weight is 221 g/mol. The lowest BCUT2D eigenvalue weighted by Gasteiger charge is -2.22. The van der Waals surface area contributed by atoms with Crippen molar-refractivity contribution in [1.82, 2.24) is 15.2 Å². The molecule has 2 N–H and O–H groups in total. The van der Waals surface area contributed by atoms with E-state index in [0.717, 1.165) is 24.9 Å². The predicted molar refractivity (Wildman–Crippen MR) is 62.9 cm³/mol. The fraction of sp³-hybridized carbons (Fsp3) is 0.583. The highest BCUT2D eigenvalue weighted by Crippen LogP contribution is 2.07. The molecule has 1 aromatic rings. The van der Waals surface area contributed by atoms with E-state index >= 15 is 0 Å². The Balaban J connectivity index is 1.78. The van der Waals surface area contributed by atoms with E-state index in [2.05, 4.69) is 10.6 Å². The van der Waals surface area contributed by atoms with Gasteiger partial charge in [-0.25, -0.2) is 0 Å². The van der Waals surface area contributed by atoms with Crippen molar-refractivity contribution in [3.63, 3.8) is 0 Å². The molecule has 0 bridgehead atoms. The standard InChI is InChI=1S/C12H19N3O/c1-15-7-5-10(9-15)8-14-12(16)11-4-2-3-6-13-11/h5,7,9,11,13H,2-4,6,8H2,1H3,(H,14,16). The summed E-state index contributed by atoms with van der Waals surface area (Å²) >= 11 is 0. The van der Waals surface area contributed by atoms with Gasteiger partial charge in [0.15, 0.2) is 0 Å². The minimum atomic E-state index is 0.0115. The first kappa shape index (κ1) is 11.2. The number of nitrogens with zero attached hydrogens (tertiary/aromatic N) is 1. The Hall–Kier alpha value is -1.29. The van der Waals surface area contributed by atoms with Crippen molar-refractivity contribution in [2.45, 2.75) is 31.8 Å². The largest absolute Gasteiger partial charge is 0.357 e. The fourth-order valence-corrected chi connectivity index (χ4v) is 2.05. The quantitative estimate of drug-likeness (QED) is 0.792. The molecule has 88 valence electrons. The van der Waals surface area contributed by atoms with Crippen molar-refractivity contribution in [3.05, 3.63) is 24.0 Å². The molecule has 1 saturated heterocycles. The van der Waals surface area contributed by atoms with Crippen LogP contribution < -0.4 is 10.6 Å². The highest BCUT2D eigenvalue weighted by Gasteiger charge is 2.19. The van der Waals surface area contributed by atoms with Crippen molar-refractivity contribution in [1.29, 1.82) is 0 Å². The van der Waals surface area contributed by atoms with Gasteiger partial charge < -0.3 is 15.2 Å². The fourth-order valence-electron chi connectivity index (χ4n) is 2.05. The number of aromatic nitrogens is 1. The Morgan fingerprint density at radius 3 is 3.12 bits per heavy atom. The maximum absolute atomic E-state index is 11.8. The molecular weight excluding hydrogens is 202 g/mol. The number of piperidine rings is 1. The van der Waals surface area contributed by atoms with Crippen LogP contribution in [0.4, 0.5) is 0 Å². The summed E-state index contributed by atoms with van der Waals surface area (Å²) in [5.74, 6) is 0.128. The molecule has 2 heterocycles. The van der Waals surface area contributed by atoms with Crippen molar-refractivity contribution < 1.29 is 4.79 Å². The van der Waals surface area contributed by atoms with Gasteiger partial charge in [-0.3, -0.25) is 4.79 Å². The molecule has 1 atom stereocenters. The molecule has 2 rings (SSSR count). The number of carbonyl (C=O) groups excluding carboxylic acids is 1. The van der Waals surface area contributed by atoms with Crippen LogP contribution in [0.1, 0.15) is 24.8 Å². The minimum absolute atomic E-state index is 0.0115. The van der Waals surface area contributed by atoms with Gasteiger partial charge in [0, 0.05) is 26.0 Å². The molecule has 0 radical (unpaired) electrons. The third kappa shape index (κ3) is 2.85. The summed E-state index contributed by atoms with van der Waals surface area (Å²) in [4.78, 5) is 11.8. The lowest BCUT2D eigenvalue weighted by atomic mass is 10.0. The van der Waals surface area contributed by atoms with E-state index in [1.807, 2.05) is 30.1 Å². The van der Waals surface area contributed by atoms with Gasteiger partial charge in [0.05, 0.1) is 6.04 Å². The van der Waals surface area contributed by atoms with Gasteiger partial charge in [-0.1, -0.05) is 6.42 Å². The first-order valence-corrected chi connectivity index (χ1v) is 5.87. The van der Waals surface area contributed by atoms with Crippen molar-refractivity contribution in [3.8, 4) is 0 Å². The number of hydrogen-bond donors (Lipinski definition) is 2. The van der Waals surface area contributed by atoms with E-state index in [4.69, 9.17) is 0 Å². The molecule has 4 heteroatoms. The van der Waals surface area contributed by atoms with Crippen molar-refractivity contribution in [2.24, 2.45) is 7.05 Å². The second kappa shape index (κ2) is 5.16. The summed E-state index contributed by atoms with van der Waals surface area (Å²) in [6.45, 7) is 1.58. The zero-order valence-electron chi connectivity index (χ0n) is 9.70. The van der Waals surface area contributed by atoms with Crippen LogP contribution in [0.3, 0.4) is 0 Å². The third-order valence-corrected chi connectivity index (χ3v) is 2.99. The molecule has 0 aliphatic carbocycles. The average Bonchev–Trinajstić information content (AvgIpc) is 2.73. The molecular formula is C12H19N3O. The Morgan fingerprint density at radius 2 is 2.50 bits per heavy atom. The van der Waals surface area contributed by atoms with E-state index in [-0.39, 0.29) is 11.9 Å². The van der Waals surface area contributed by atoms with Crippen molar-refractivity contribution >= 4 is 5.91 Å². The molecule has 4 nitrogen and oxygen atoms in total. The number of aryl methyl sites for hydroxylation is 1. The van der Waals surface area contributed by atoms with Crippen LogP contribution in [0.25, 0.3) is 0 Å². The molecule has 1 aliphatic heterocycles. The molecule has 1 unspecified atom stereocenters. The van der Waals surface area contributed by atoms with E-state index < -0.39 is 0 Å². The van der Waals surface area contributed by atoms with Gasteiger partial charge in [0.25, 0.3) is 0 Å². The van der Waals surface area contributed by atoms with Gasteiger partial charge in [-0.05, 0) is 31.0 Å². The molecule has 1 aromatic heterocycles. The second-order valence-corrected chi connectivity index (χ2v) is 4.41.